The molecular weight excluding hydrogens is 656 g/mol. The highest BCUT2D eigenvalue weighted by Crippen LogP contribution is 2.43. The van der Waals surface area contributed by atoms with Crippen LogP contribution in [0.4, 0.5) is 10.7 Å². The van der Waals surface area contributed by atoms with E-state index < -0.39 is 11.7 Å². The Morgan fingerprint density at radius 1 is 1.00 bits per heavy atom. The average Bonchev–Trinajstić information content (AvgIpc) is 3.84. The minimum atomic E-state index is -0.993. The summed E-state index contributed by atoms with van der Waals surface area (Å²) < 4.78 is 8.59. The number of piperidine rings is 1. The molecule has 3 fully saturated rings. The van der Waals surface area contributed by atoms with Crippen LogP contribution in [0.5, 0.6) is 0 Å². The molecule has 272 valence electrons. The van der Waals surface area contributed by atoms with Crippen molar-refractivity contribution in [2.24, 2.45) is 18.7 Å². The summed E-state index contributed by atoms with van der Waals surface area (Å²) in [6, 6.07) is 18.6. The number of nitrogens with zero attached hydrogens (tertiary/aromatic N) is 6. The number of benzene rings is 2. The Morgan fingerprint density at radius 3 is 2.48 bits per heavy atom. The summed E-state index contributed by atoms with van der Waals surface area (Å²) in [5.41, 5.74) is 10.7. The molecule has 1 saturated carbocycles. The van der Waals surface area contributed by atoms with Crippen molar-refractivity contribution in [3.05, 3.63) is 88.6 Å². The van der Waals surface area contributed by atoms with Crippen LogP contribution in [0.25, 0.3) is 32.9 Å². The van der Waals surface area contributed by atoms with Gasteiger partial charge in [0.2, 0.25) is 5.95 Å². The van der Waals surface area contributed by atoms with Crippen LogP contribution < -0.4 is 16.2 Å². The third-order valence-electron chi connectivity index (χ3n) is 11.4. The van der Waals surface area contributed by atoms with E-state index in [4.69, 9.17) is 20.4 Å². The molecule has 0 spiro atoms. The average molecular weight is 705 g/mol. The van der Waals surface area contributed by atoms with Crippen molar-refractivity contribution in [2.75, 3.05) is 44.2 Å². The summed E-state index contributed by atoms with van der Waals surface area (Å²) in [5, 5.41) is 11.3. The Morgan fingerprint density at radius 2 is 1.77 bits per heavy atom. The molecule has 1 aliphatic carbocycles. The lowest BCUT2D eigenvalue weighted by molar-refractivity contribution is -0.0258. The van der Waals surface area contributed by atoms with Gasteiger partial charge in [-0.05, 0) is 74.8 Å². The van der Waals surface area contributed by atoms with E-state index in [1.807, 2.05) is 37.4 Å². The first-order chi connectivity index (χ1) is 25.1. The van der Waals surface area contributed by atoms with E-state index in [2.05, 4.69) is 52.0 Å². The van der Waals surface area contributed by atoms with Gasteiger partial charge in [-0.15, -0.1) is 0 Å². The van der Waals surface area contributed by atoms with Crippen molar-refractivity contribution in [1.82, 2.24) is 29.3 Å². The molecule has 4 N–H and O–H groups in total. The van der Waals surface area contributed by atoms with Gasteiger partial charge < -0.3 is 34.9 Å². The smallest absolute Gasteiger partial charge is 0.407 e. The predicted molar refractivity (Wildman–Crippen MR) is 203 cm³/mol. The highest BCUT2D eigenvalue weighted by molar-refractivity contribution is 5.97. The number of nitrogens with two attached hydrogens (primary N) is 1. The van der Waals surface area contributed by atoms with Gasteiger partial charge in [0.15, 0.2) is 0 Å². The maximum absolute atomic E-state index is 12.9. The van der Waals surface area contributed by atoms with Crippen LogP contribution in [0, 0.1) is 5.92 Å². The number of aromatic nitrogens is 4. The van der Waals surface area contributed by atoms with Crippen molar-refractivity contribution < 1.29 is 14.6 Å². The van der Waals surface area contributed by atoms with Crippen molar-refractivity contribution in [3.63, 3.8) is 0 Å². The topological polar surface area (TPSA) is 146 Å². The van der Waals surface area contributed by atoms with Gasteiger partial charge in [0.25, 0.3) is 5.56 Å². The molecule has 2 aliphatic heterocycles. The minimum absolute atomic E-state index is 0.0214. The summed E-state index contributed by atoms with van der Waals surface area (Å²) in [6.45, 7) is 8.23. The Balaban J connectivity index is 1.16. The number of amides is 1. The SMILES string of the molecule is C[C@@H]1CN(CC2CCN(c3nc(C(CN)(OC4CC4)c4ccccc4)c4cc(-c5cn(C)c(=O)c6[nH]ccc56)ccc4n3)CC2)[C@@H](C)CN1C(=O)O. The zero-order valence-corrected chi connectivity index (χ0v) is 30.2. The maximum Gasteiger partial charge on any atom is 0.407 e. The molecule has 5 heterocycles. The van der Waals surface area contributed by atoms with E-state index in [1.165, 1.54) is 0 Å². The van der Waals surface area contributed by atoms with Crippen molar-refractivity contribution in [2.45, 2.75) is 63.3 Å². The number of nitrogens with one attached hydrogen (secondary N) is 1. The maximum atomic E-state index is 12.9. The molecule has 0 bridgehead atoms. The second-order valence-corrected chi connectivity index (χ2v) is 15.1. The molecule has 0 radical (unpaired) electrons. The molecule has 1 amide bonds. The number of aromatic amines is 1. The second-order valence-electron chi connectivity index (χ2n) is 15.1. The van der Waals surface area contributed by atoms with Gasteiger partial charge in [-0.2, -0.15) is 0 Å². The number of fused-ring (bicyclic) bond motifs is 2. The number of ether oxygens (including phenoxy) is 1. The van der Waals surface area contributed by atoms with Crippen LogP contribution in [0.2, 0.25) is 0 Å². The summed E-state index contributed by atoms with van der Waals surface area (Å²) in [7, 11) is 1.77. The van der Waals surface area contributed by atoms with Gasteiger partial charge in [-0.3, -0.25) is 9.69 Å². The molecule has 2 aromatic carbocycles. The standard InChI is InChI=1S/C40H48N8O4/c1-25-21-48(39(50)51)26(2)20-47(25)22-27-14-17-46(18-15-27)38-43-34-12-9-28(33-23-45(3)37(49)35-31(33)13-16-42-35)19-32(34)36(44-38)40(24-41,52-30-10-11-30)29-7-5-4-6-8-29/h4-9,12-13,16,19,23,25-27,30,42H,10-11,14-15,17-18,20-22,24,41H2,1-3H3,(H,50,51)/t25-,26+,40?/m0/s1. The molecule has 3 aromatic heterocycles. The Kier molecular flexibility index (Phi) is 9.01. The normalized spacial score (nSPS) is 21.5. The van der Waals surface area contributed by atoms with Gasteiger partial charge in [0.1, 0.15) is 11.1 Å². The number of pyridine rings is 1. The number of piperazine rings is 1. The zero-order valence-electron chi connectivity index (χ0n) is 30.2. The number of rotatable bonds is 9. The molecule has 12 heteroatoms. The Labute approximate surface area is 303 Å². The number of H-pyrrole nitrogens is 1. The van der Waals surface area contributed by atoms with E-state index in [1.54, 1.807) is 22.7 Å². The number of hydrogen-bond acceptors (Lipinski definition) is 8. The van der Waals surface area contributed by atoms with Crippen molar-refractivity contribution in [1.29, 1.82) is 0 Å². The first kappa shape index (κ1) is 34.3. The van der Waals surface area contributed by atoms with Crippen molar-refractivity contribution >= 4 is 33.8 Å². The van der Waals surface area contributed by atoms with Crippen LogP contribution in [0.15, 0.2) is 71.8 Å². The lowest BCUT2D eigenvalue weighted by Crippen LogP contribution is -2.58. The summed E-state index contributed by atoms with van der Waals surface area (Å²) in [6.07, 6.45) is 6.91. The quantitative estimate of drug-likeness (QED) is 0.190. The highest BCUT2D eigenvalue weighted by Gasteiger charge is 2.43. The Bertz CT molecular complexity index is 2160. The highest BCUT2D eigenvalue weighted by atomic mass is 16.5. The predicted octanol–water partition coefficient (Wildman–Crippen LogP) is 5.15. The molecule has 3 aliphatic rings. The molecule has 8 rings (SSSR count). The van der Waals surface area contributed by atoms with Crippen LogP contribution in [0.3, 0.4) is 0 Å². The number of carboxylic acid groups (broad SMARTS) is 1. The monoisotopic (exact) mass is 704 g/mol. The van der Waals surface area contributed by atoms with Crippen LogP contribution >= 0.6 is 0 Å². The molecule has 1 unspecified atom stereocenters. The van der Waals surface area contributed by atoms with Gasteiger partial charge >= 0.3 is 6.09 Å². The van der Waals surface area contributed by atoms with Crippen LogP contribution in [-0.2, 0) is 17.4 Å². The molecule has 2 saturated heterocycles. The number of carbonyl (C=O) groups is 1. The zero-order chi connectivity index (χ0) is 36.1. The first-order valence-corrected chi connectivity index (χ1v) is 18.6. The van der Waals surface area contributed by atoms with Gasteiger partial charge in [-0.25, -0.2) is 14.8 Å². The number of hydrogen-bond donors (Lipinski definition) is 3. The van der Waals surface area contributed by atoms with E-state index in [0.717, 1.165) is 90.5 Å². The van der Waals surface area contributed by atoms with Crippen LogP contribution in [-0.4, -0.2) is 98.0 Å². The van der Waals surface area contributed by atoms with Gasteiger partial charge in [0, 0.05) is 87.1 Å². The van der Waals surface area contributed by atoms with E-state index in [0.29, 0.717) is 23.9 Å². The van der Waals surface area contributed by atoms with E-state index in [-0.39, 0.29) is 30.3 Å². The molecule has 5 aromatic rings. The molecular formula is C40H48N8O4. The Hall–Kier alpha value is -4.78. The summed E-state index contributed by atoms with van der Waals surface area (Å²) in [4.78, 5) is 44.6. The molecule has 12 nitrogen and oxygen atoms in total. The van der Waals surface area contributed by atoms with E-state index >= 15 is 0 Å². The second kappa shape index (κ2) is 13.6. The lowest BCUT2D eigenvalue weighted by atomic mass is 9.86. The number of anilines is 1. The fourth-order valence-electron chi connectivity index (χ4n) is 8.30. The summed E-state index contributed by atoms with van der Waals surface area (Å²) in [5.74, 6) is 1.18. The van der Waals surface area contributed by atoms with E-state index in [9.17, 15) is 14.7 Å². The summed E-state index contributed by atoms with van der Waals surface area (Å²) >= 11 is 0. The first-order valence-electron chi connectivity index (χ1n) is 18.6. The molecule has 52 heavy (non-hydrogen) atoms. The lowest BCUT2D eigenvalue weighted by Gasteiger charge is -2.45. The van der Waals surface area contributed by atoms with Gasteiger partial charge in [-0.1, -0.05) is 36.4 Å². The number of aryl methyl sites for hydroxylation is 1. The minimum Gasteiger partial charge on any atom is -0.465 e. The third kappa shape index (κ3) is 6.22. The van der Waals surface area contributed by atoms with Crippen molar-refractivity contribution in [3.8, 4) is 11.1 Å². The molecule has 3 atom stereocenters. The van der Waals surface area contributed by atoms with Gasteiger partial charge in [0.05, 0.1) is 17.3 Å². The largest absolute Gasteiger partial charge is 0.465 e. The fraction of sp³-hybridized carbons (Fsp3) is 0.450. The van der Waals surface area contributed by atoms with Crippen LogP contribution in [0.1, 0.15) is 50.8 Å². The third-order valence-corrected chi connectivity index (χ3v) is 11.4. The fourth-order valence-corrected chi connectivity index (χ4v) is 8.30.